The molecule has 18 heavy (non-hydrogen) atoms. The lowest BCUT2D eigenvalue weighted by molar-refractivity contribution is -0.134. The molecule has 1 amide bonds. The molecule has 0 saturated heterocycles. The summed E-state index contributed by atoms with van der Waals surface area (Å²) in [5.41, 5.74) is 4.88. The van der Waals surface area contributed by atoms with Crippen molar-refractivity contribution in [3.05, 3.63) is 34.4 Å². The van der Waals surface area contributed by atoms with Crippen LogP contribution in [0.1, 0.15) is 35.6 Å². The molecule has 0 aliphatic rings. The summed E-state index contributed by atoms with van der Waals surface area (Å²) in [6.07, 6.45) is -0.0135. The highest BCUT2D eigenvalue weighted by Crippen LogP contribution is 2.18. The lowest BCUT2D eigenvalue weighted by atomic mass is 9.98. The summed E-state index contributed by atoms with van der Waals surface area (Å²) < 4.78 is 0. The summed E-state index contributed by atoms with van der Waals surface area (Å²) in [4.78, 5) is 24.3. The summed E-state index contributed by atoms with van der Waals surface area (Å²) in [7, 11) is 1.74. The summed E-state index contributed by atoms with van der Waals surface area (Å²) in [6, 6.07) is 4.12. The third kappa shape index (κ3) is 3.42. The Labute approximate surface area is 109 Å². The van der Waals surface area contributed by atoms with E-state index in [0.29, 0.717) is 6.54 Å². The zero-order valence-corrected chi connectivity index (χ0v) is 11.8. The Morgan fingerprint density at radius 1 is 1.11 bits per heavy atom. The van der Waals surface area contributed by atoms with Crippen LogP contribution in [0.15, 0.2) is 12.1 Å². The second kappa shape index (κ2) is 5.80. The van der Waals surface area contributed by atoms with Crippen molar-refractivity contribution >= 4 is 11.7 Å². The van der Waals surface area contributed by atoms with E-state index in [0.717, 1.165) is 5.56 Å². The molecule has 0 atom stereocenters. The van der Waals surface area contributed by atoms with Crippen LogP contribution in [-0.4, -0.2) is 23.6 Å². The van der Waals surface area contributed by atoms with Gasteiger partial charge in [0.1, 0.15) is 5.78 Å². The molecule has 0 bridgehead atoms. The topological polar surface area (TPSA) is 37.4 Å². The molecule has 0 unspecified atom stereocenters. The predicted molar refractivity (Wildman–Crippen MR) is 72.4 cm³/mol. The lowest BCUT2D eigenvalue weighted by Gasteiger charge is -2.19. The first-order valence-corrected chi connectivity index (χ1v) is 6.12. The fourth-order valence-corrected chi connectivity index (χ4v) is 1.88. The molecule has 3 nitrogen and oxygen atoms in total. The summed E-state index contributed by atoms with van der Waals surface area (Å²) >= 11 is 0. The zero-order chi connectivity index (χ0) is 13.9. The highest BCUT2D eigenvalue weighted by Gasteiger charge is 2.13. The first kappa shape index (κ1) is 14.4. The smallest absolute Gasteiger partial charge is 0.230 e. The first-order valence-electron chi connectivity index (χ1n) is 6.12. The minimum atomic E-state index is -0.125. The van der Waals surface area contributed by atoms with E-state index < -0.39 is 0 Å². The molecule has 0 heterocycles. The van der Waals surface area contributed by atoms with Crippen LogP contribution >= 0.6 is 0 Å². The zero-order valence-electron chi connectivity index (χ0n) is 11.8. The average molecular weight is 247 g/mol. The number of hydrogen-bond acceptors (Lipinski definition) is 2. The molecule has 3 heteroatoms. The maximum absolute atomic E-state index is 11.7. The van der Waals surface area contributed by atoms with Crippen molar-refractivity contribution in [3.63, 3.8) is 0 Å². The van der Waals surface area contributed by atoms with Crippen LogP contribution in [0.4, 0.5) is 0 Å². The van der Waals surface area contributed by atoms with Gasteiger partial charge in [-0.3, -0.25) is 9.59 Å². The van der Waals surface area contributed by atoms with E-state index >= 15 is 0 Å². The Hall–Kier alpha value is -1.64. The van der Waals surface area contributed by atoms with Gasteiger partial charge in [0, 0.05) is 13.6 Å². The van der Waals surface area contributed by atoms with Gasteiger partial charge in [-0.1, -0.05) is 12.1 Å². The number of benzene rings is 1. The van der Waals surface area contributed by atoms with E-state index in [2.05, 4.69) is 32.9 Å². The van der Waals surface area contributed by atoms with Crippen molar-refractivity contribution in [2.75, 3.05) is 7.05 Å². The molecule has 0 aromatic heterocycles. The van der Waals surface area contributed by atoms with Crippen LogP contribution < -0.4 is 0 Å². The molecular weight excluding hydrogens is 226 g/mol. The lowest BCUT2D eigenvalue weighted by Crippen LogP contribution is -2.28. The number of rotatable bonds is 4. The second-order valence-corrected chi connectivity index (χ2v) is 4.92. The molecule has 0 aliphatic heterocycles. The summed E-state index contributed by atoms with van der Waals surface area (Å²) in [6.45, 7) is 8.23. The van der Waals surface area contributed by atoms with Crippen LogP contribution in [0.25, 0.3) is 0 Å². The number of hydrogen-bond donors (Lipinski definition) is 0. The minimum absolute atomic E-state index is 0.0135. The monoisotopic (exact) mass is 247 g/mol. The third-order valence-electron chi connectivity index (χ3n) is 3.40. The Bertz CT molecular complexity index is 478. The summed E-state index contributed by atoms with van der Waals surface area (Å²) in [5.74, 6) is -0.219. The third-order valence-corrected chi connectivity index (χ3v) is 3.40. The number of aryl methyl sites for hydroxylation is 1. The van der Waals surface area contributed by atoms with E-state index in [1.165, 1.54) is 23.6 Å². The van der Waals surface area contributed by atoms with Gasteiger partial charge in [0.05, 0.1) is 6.42 Å². The van der Waals surface area contributed by atoms with Crippen molar-refractivity contribution < 1.29 is 9.59 Å². The molecule has 0 spiro atoms. The molecule has 0 saturated carbocycles. The molecule has 0 radical (unpaired) electrons. The van der Waals surface area contributed by atoms with Crippen LogP contribution in [-0.2, 0) is 16.1 Å². The molecule has 1 aromatic rings. The highest BCUT2D eigenvalue weighted by molar-refractivity contribution is 5.96. The molecular formula is C15H21NO2. The molecule has 0 N–H and O–H groups in total. The van der Waals surface area contributed by atoms with Gasteiger partial charge in [-0.25, -0.2) is 0 Å². The second-order valence-electron chi connectivity index (χ2n) is 4.92. The maximum atomic E-state index is 11.7. The molecule has 0 fully saturated rings. The van der Waals surface area contributed by atoms with E-state index in [4.69, 9.17) is 0 Å². The number of carbonyl (C=O) groups is 2. The molecule has 1 aromatic carbocycles. The van der Waals surface area contributed by atoms with Gasteiger partial charge < -0.3 is 4.90 Å². The standard InChI is InChI=1S/C15H21NO2/c1-10-6-7-14(13(4)12(10)3)9-16(5)15(18)8-11(2)17/h6-7H,8-9H2,1-5H3. The van der Waals surface area contributed by atoms with Crippen LogP contribution in [0.5, 0.6) is 0 Å². The molecule has 98 valence electrons. The SMILES string of the molecule is CC(=O)CC(=O)N(C)Cc1ccc(C)c(C)c1C. The van der Waals surface area contributed by atoms with Crippen molar-refractivity contribution in [2.24, 2.45) is 0 Å². The Kier molecular flexibility index (Phi) is 4.65. The quantitative estimate of drug-likeness (QED) is 0.767. The van der Waals surface area contributed by atoms with Crippen LogP contribution in [0.3, 0.4) is 0 Å². The normalized spacial score (nSPS) is 10.3. The maximum Gasteiger partial charge on any atom is 0.230 e. The fourth-order valence-electron chi connectivity index (χ4n) is 1.88. The average Bonchev–Trinajstić information content (AvgIpc) is 2.29. The fraction of sp³-hybridized carbons (Fsp3) is 0.467. The minimum Gasteiger partial charge on any atom is -0.341 e. The van der Waals surface area contributed by atoms with Crippen molar-refractivity contribution in [2.45, 2.75) is 40.7 Å². The molecule has 0 aliphatic carbocycles. The van der Waals surface area contributed by atoms with Crippen molar-refractivity contribution in [3.8, 4) is 0 Å². The predicted octanol–water partition coefficient (Wildman–Crippen LogP) is 2.55. The Balaban J connectivity index is 2.82. The number of Topliss-reactive ketones (excluding diaryl/α,β-unsaturated/α-hetero) is 1. The number of amides is 1. The largest absolute Gasteiger partial charge is 0.341 e. The van der Waals surface area contributed by atoms with E-state index in [9.17, 15) is 9.59 Å². The van der Waals surface area contributed by atoms with Gasteiger partial charge in [-0.2, -0.15) is 0 Å². The van der Waals surface area contributed by atoms with Crippen molar-refractivity contribution in [1.29, 1.82) is 0 Å². The van der Waals surface area contributed by atoms with Gasteiger partial charge in [0.15, 0.2) is 0 Å². The Morgan fingerprint density at radius 3 is 2.28 bits per heavy atom. The number of nitrogens with zero attached hydrogens (tertiary/aromatic N) is 1. The molecule has 1 rings (SSSR count). The van der Waals surface area contributed by atoms with Gasteiger partial charge in [-0.15, -0.1) is 0 Å². The van der Waals surface area contributed by atoms with Crippen LogP contribution in [0.2, 0.25) is 0 Å². The van der Waals surface area contributed by atoms with E-state index in [1.807, 2.05) is 0 Å². The van der Waals surface area contributed by atoms with Gasteiger partial charge in [0.2, 0.25) is 5.91 Å². The van der Waals surface area contributed by atoms with Crippen molar-refractivity contribution in [1.82, 2.24) is 4.90 Å². The van der Waals surface area contributed by atoms with Gasteiger partial charge >= 0.3 is 0 Å². The first-order chi connectivity index (χ1) is 8.32. The van der Waals surface area contributed by atoms with Gasteiger partial charge in [-0.05, 0) is 49.9 Å². The van der Waals surface area contributed by atoms with E-state index in [1.54, 1.807) is 11.9 Å². The van der Waals surface area contributed by atoms with Gasteiger partial charge in [0.25, 0.3) is 0 Å². The number of carbonyl (C=O) groups excluding carboxylic acids is 2. The van der Waals surface area contributed by atoms with Crippen LogP contribution in [0, 0.1) is 20.8 Å². The highest BCUT2D eigenvalue weighted by atomic mass is 16.2. The number of ketones is 1. The summed E-state index contributed by atoms with van der Waals surface area (Å²) in [5, 5.41) is 0. The van der Waals surface area contributed by atoms with E-state index in [-0.39, 0.29) is 18.1 Å². The Morgan fingerprint density at radius 2 is 1.72 bits per heavy atom.